The minimum Gasteiger partial charge on any atom is -0.460 e. The van der Waals surface area contributed by atoms with Crippen LogP contribution < -0.4 is 0 Å². The second-order valence-electron chi connectivity index (χ2n) is 12.9. The zero-order chi connectivity index (χ0) is 33.5. The van der Waals surface area contributed by atoms with Gasteiger partial charge < -0.3 is 19.1 Å². The maximum atomic E-state index is 13.9. The van der Waals surface area contributed by atoms with Crippen LogP contribution in [0.1, 0.15) is 83.0 Å². The van der Waals surface area contributed by atoms with Crippen molar-refractivity contribution in [2.24, 2.45) is 5.92 Å². The number of carbonyl (C=O) groups excluding carboxylic acids is 3. The van der Waals surface area contributed by atoms with Crippen molar-refractivity contribution in [2.45, 2.75) is 72.3 Å². The predicted molar refractivity (Wildman–Crippen MR) is 182 cm³/mol. The molecule has 0 bridgehead atoms. The van der Waals surface area contributed by atoms with Gasteiger partial charge in [-0.2, -0.15) is 0 Å². The Kier molecular flexibility index (Phi) is 14.6. The van der Waals surface area contributed by atoms with E-state index in [9.17, 15) is 14.4 Å². The first kappa shape index (κ1) is 36.7. The second-order valence-corrected chi connectivity index (χ2v) is 12.9. The van der Waals surface area contributed by atoms with Crippen LogP contribution in [0.5, 0.6) is 0 Å². The van der Waals surface area contributed by atoms with Crippen LogP contribution in [0.4, 0.5) is 0 Å². The zero-order valence-electron chi connectivity index (χ0n) is 28.5. The Hall–Kier alpha value is -3.81. The fraction of sp³-hybridized carbons (Fsp3) is 0.462. The van der Waals surface area contributed by atoms with Gasteiger partial charge in [0.05, 0.1) is 26.2 Å². The summed E-state index contributed by atoms with van der Waals surface area (Å²) in [4.78, 5) is 41.4. The lowest BCUT2D eigenvalue weighted by Crippen LogP contribution is -2.37. The number of carbonyl (C=O) groups is 3. The van der Waals surface area contributed by atoms with Gasteiger partial charge in [0.25, 0.3) is 5.91 Å². The molecule has 248 valence electrons. The van der Waals surface area contributed by atoms with Gasteiger partial charge in [0.1, 0.15) is 5.60 Å². The Morgan fingerprint density at radius 1 is 0.696 bits per heavy atom. The Balaban J connectivity index is 1.72. The molecule has 0 heterocycles. The number of methoxy groups -OCH3 is 1. The van der Waals surface area contributed by atoms with Crippen molar-refractivity contribution in [2.75, 3.05) is 40.0 Å². The number of ketones is 1. The topological polar surface area (TPSA) is 82.1 Å². The van der Waals surface area contributed by atoms with E-state index in [1.54, 1.807) is 36.3 Å². The molecule has 7 nitrogen and oxygen atoms in total. The van der Waals surface area contributed by atoms with Gasteiger partial charge in [-0.25, -0.2) is 0 Å². The number of aryl methyl sites for hydroxylation is 4. The molecule has 0 N–H and O–H groups in total. The van der Waals surface area contributed by atoms with E-state index in [0.717, 1.165) is 25.7 Å². The number of ether oxygens (including phenoxy) is 3. The fourth-order valence-corrected chi connectivity index (χ4v) is 5.15. The highest BCUT2D eigenvalue weighted by molar-refractivity contribution is 6.00. The molecule has 0 unspecified atom stereocenters. The van der Waals surface area contributed by atoms with Crippen molar-refractivity contribution in [3.8, 4) is 0 Å². The smallest absolute Gasteiger partial charge is 0.308 e. The summed E-state index contributed by atoms with van der Waals surface area (Å²) in [5.41, 5.74) is 5.32. The minimum absolute atomic E-state index is 0.0707. The molecule has 7 heteroatoms. The molecule has 0 saturated heterocycles. The first-order valence-electron chi connectivity index (χ1n) is 16.3. The van der Waals surface area contributed by atoms with E-state index < -0.39 is 5.60 Å². The third kappa shape index (κ3) is 12.9. The molecule has 3 rings (SSSR count). The van der Waals surface area contributed by atoms with Crippen molar-refractivity contribution in [3.05, 3.63) is 106 Å². The largest absolute Gasteiger partial charge is 0.460 e. The average molecular weight is 630 g/mol. The Bertz CT molecular complexity index is 1320. The fourth-order valence-electron chi connectivity index (χ4n) is 5.15. The lowest BCUT2D eigenvalue weighted by atomic mass is 9.86. The maximum Gasteiger partial charge on any atom is 0.308 e. The van der Waals surface area contributed by atoms with E-state index in [0.29, 0.717) is 37.5 Å². The molecule has 0 fully saturated rings. The zero-order valence-corrected chi connectivity index (χ0v) is 28.5. The van der Waals surface area contributed by atoms with Gasteiger partial charge in [-0.3, -0.25) is 14.4 Å². The maximum absolute atomic E-state index is 13.9. The first-order chi connectivity index (χ1) is 21.9. The summed E-state index contributed by atoms with van der Waals surface area (Å²) in [7, 11) is 1.60. The lowest BCUT2D eigenvalue weighted by Gasteiger charge is -2.24. The van der Waals surface area contributed by atoms with Crippen LogP contribution in [-0.4, -0.2) is 68.2 Å². The van der Waals surface area contributed by atoms with Crippen LogP contribution >= 0.6 is 0 Å². The van der Waals surface area contributed by atoms with Gasteiger partial charge in [-0.15, -0.1) is 0 Å². The Morgan fingerprint density at radius 2 is 1.22 bits per heavy atom. The molecule has 0 atom stereocenters. The van der Waals surface area contributed by atoms with Crippen molar-refractivity contribution < 1.29 is 28.6 Å². The highest BCUT2D eigenvalue weighted by Crippen LogP contribution is 2.23. The molecule has 0 saturated carbocycles. The average Bonchev–Trinajstić information content (AvgIpc) is 3.02. The molecule has 0 aromatic heterocycles. The van der Waals surface area contributed by atoms with Crippen molar-refractivity contribution in [1.29, 1.82) is 0 Å². The summed E-state index contributed by atoms with van der Waals surface area (Å²) in [5, 5.41) is 0. The molecule has 0 aliphatic carbocycles. The minimum atomic E-state index is -0.602. The van der Waals surface area contributed by atoms with E-state index in [2.05, 4.69) is 62.4 Å². The van der Waals surface area contributed by atoms with Gasteiger partial charge in [-0.1, -0.05) is 71.8 Å². The molecule has 3 aromatic rings. The van der Waals surface area contributed by atoms with Crippen LogP contribution in [0, 0.1) is 19.8 Å². The third-order valence-corrected chi connectivity index (χ3v) is 7.82. The molecular formula is C39H51NO6. The number of amides is 1. The molecule has 0 spiro atoms. The summed E-state index contributed by atoms with van der Waals surface area (Å²) in [5.74, 6) is -0.660. The van der Waals surface area contributed by atoms with Crippen molar-refractivity contribution >= 4 is 17.7 Å². The normalized spacial score (nSPS) is 11.5. The summed E-state index contributed by atoms with van der Waals surface area (Å²) in [6.45, 7) is 11.3. The van der Waals surface area contributed by atoms with E-state index in [1.807, 2.05) is 20.8 Å². The SMILES string of the molecule is COCCOCCN(CCC(=O)OC(C)(C)C)C(=O)c1ccc(C(=O)C(CCc2ccc(C)cc2)CCc2ccc(C)cc2)cc1. The van der Waals surface area contributed by atoms with Crippen molar-refractivity contribution in [1.82, 2.24) is 4.90 Å². The van der Waals surface area contributed by atoms with Crippen LogP contribution in [0.25, 0.3) is 0 Å². The number of nitrogens with zero attached hydrogens (tertiary/aromatic N) is 1. The van der Waals surface area contributed by atoms with Crippen LogP contribution in [0.3, 0.4) is 0 Å². The monoisotopic (exact) mass is 629 g/mol. The number of esters is 1. The molecule has 0 radical (unpaired) electrons. The number of rotatable bonds is 18. The second kappa shape index (κ2) is 18.4. The molecular weight excluding hydrogens is 578 g/mol. The lowest BCUT2D eigenvalue weighted by molar-refractivity contribution is -0.155. The number of hydrogen-bond acceptors (Lipinski definition) is 6. The highest BCUT2D eigenvalue weighted by Gasteiger charge is 2.23. The van der Waals surface area contributed by atoms with Gasteiger partial charge in [0, 0.05) is 37.2 Å². The van der Waals surface area contributed by atoms with Crippen LogP contribution in [0.2, 0.25) is 0 Å². The van der Waals surface area contributed by atoms with E-state index in [-0.39, 0.29) is 36.5 Å². The molecule has 0 aliphatic heterocycles. The number of benzene rings is 3. The molecule has 0 aliphatic rings. The van der Waals surface area contributed by atoms with Crippen LogP contribution in [0.15, 0.2) is 72.8 Å². The van der Waals surface area contributed by atoms with Gasteiger partial charge in [0.2, 0.25) is 0 Å². The summed E-state index contributed by atoms with van der Waals surface area (Å²) in [6.07, 6.45) is 3.20. The first-order valence-corrected chi connectivity index (χ1v) is 16.3. The van der Waals surface area contributed by atoms with E-state index >= 15 is 0 Å². The highest BCUT2D eigenvalue weighted by atomic mass is 16.6. The van der Waals surface area contributed by atoms with Gasteiger partial charge in [0.15, 0.2) is 5.78 Å². The summed E-state index contributed by atoms with van der Waals surface area (Å²) in [6, 6.07) is 23.9. The molecule has 46 heavy (non-hydrogen) atoms. The van der Waals surface area contributed by atoms with Crippen molar-refractivity contribution in [3.63, 3.8) is 0 Å². The predicted octanol–water partition coefficient (Wildman–Crippen LogP) is 7.20. The van der Waals surface area contributed by atoms with Gasteiger partial charge >= 0.3 is 5.97 Å². The number of hydrogen-bond donors (Lipinski definition) is 0. The number of Topliss-reactive ketones (excluding diaryl/α,β-unsaturated/α-hetero) is 1. The molecule has 3 aromatic carbocycles. The third-order valence-electron chi connectivity index (χ3n) is 7.82. The van der Waals surface area contributed by atoms with E-state index in [1.165, 1.54) is 22.3 Å². The van der Waals surface area contributed by atoms with E-state index in [4.69, 9.17) is 14.2 Å². The molecule has 1 amide bonds. The Labute approximate surface area is 275 Å². The summed E-state index contributed by atoms with van der Waals surface area (Å²) >= 11 is 0. The quantitative estimate of drug-likeness (QED) is 0.0841. The standard InChI is InChI=1S/C39H51NO6/c1-29-7-11-31(12-8-29)15-17-33(18-16-32-13-9-30(2)10-14-32)37(42)34-19-21-35(22-20-34)38(43)40(25-26-45-28-27-44-6)24-23-36(41)46-39(3,4)5/h7-14,19-22,33H,15-18,23-28H2,1-6H3. The Morgan fingerprint density at radius 3 is 1.72 bits per heavy atom. The van der Waals surface area contributed by atoms with Crippen LogP contribution in [-0.2, 0) is 31.8 Å². The summed E-state index contributed by atoms with van der Waals surface area (Å²) < 4.78 is 16.1. The van der Waals surface area contributed by atoms with Gasteiger partial charge in [-0.05, 0) is 83.6 Å².